The molecular weight excluding hydrogens is 251 g/mol. The SMILES string of the molecule is COc1ccc(C(Cl)c2ccccc2C)cc1F. The van der Waals surface area contributed by atoms with E-state index in [2.05, 4.69) is 0 Å². The molecule has 0 heterocycles. The van der Waals surface area contributed by atoms with Crippen LogP contribution in [0.1, 0.15) is 22.1 Å². The molecule has 0 aliphatic carbocycles. The van der Waals surface area contributed by atoms with Crippen molar-refractivity contribution in [3.05, 3.63) is 65.0 Å². The molecule has 2 aromatic rings. The molecule has 0 N–H and O–H groups in total. The van der Waals surface area contributed by atoms with Crippen LogP contribution >= 0.6 is 11.6 Å². The van der Waals surface area contributed by atoms with Gasteiger partial charge in [-0.05, 0) is 35.7 Å². The van der Waals surface area contributed by atoms with Gasteiger partial charge in [0.15, 0.2) is 11.6 Å². The minimum Gasteiger partial charge on any atom is -0.494 e. The number of hydrogen-bond donors (Lipinski definition) is 0. The van der Waals surface area contributed by atoms with E-state index in [4.69, 9.17) is 16.3 Å². The molecule has 0 aliphatic heterocycles. The Morgan fingerprint density at radius 3 is 2.50 bits per heavy atom. The second-order valence-electron chi connectivity index (χ2n) is 4.11. The zero-order valence-corrected chi connectivity index (χ0v) is 11.0. The summed E-state index contributed by atoms with van der Waals surface area (Å²) in [6.45, 7) is 1.99. The molecule has 94 valence electrons. The maximum Gasteiger partial charge on any atom is 0.165 e. The van der Waals surface area contributed by atoms with Crippen LogP contribution < -0.4 is 4.74 Å². The van der Waals surface area contributed by atoms with Gasteiger partial charge in [0.1, 0.15) is 0 Å². The molecule has 0 fully saturated rings. The molecule has 3 heteroatoms. The van der Waals surface area contributed by atoms with Gasteiger partial charge in [-0.15, -0.1) is 11.6 Å². The maximum atomic E-state index is 13.6. The highest BCUT2D eigenvalue weighted by atomic mass is 35.5. The number of hydrogen-bond acceptors (Lipinski definition) is 1. The van der Waals surface area contributed by atoms with Crippen molar-refractivity contribution < 1.29 is 9.13 Å². The summed E-state index contributed by atoms with van der Waals surface area (Å²) in [5.74, 6) is -0.165. The standard InChI is InChI=1S/C15H14ClFO/c1-10-5-3-4-6-12(10)15(16)11-7-8-14(18-2)13(17)9-11/h3-9,15H,1-2H3. The first kappa shape index (κ1) is 12.9. The summed E-state index contributed by atoms with van der Waals surface area (Å²) in [7, 11) is 1.44. The molecule has 0 radical (unpaired) electrons. The van der Waals surface area contributed by atoms with Gasteiger partial charge in [-0.2, -0.15) is 0 Å². The number of alkyl halides is 1. The summed E-state index contributed by atoms with van der Waals surface area (Å²) in [4.78, 5) is 0. The maximum absolute atomic E-state index is 13.6. The lowest BCUT2D eigenvalue weighted by Gasteiger charge is -2.14. The summed E-state index contributed by atoms with van der Waals surface area (Å²) in [6, 6.07) is 12.6. The van der Waals surface area contributed by atoms with Crippen LogP contribution in [0.25, 0.3) is 0 Å². The van der Waals surface area contributed by atoms with Crippen LogP contribution in [0.2, 0.25) is 0 Å². The lowest BCUT2D eigenvalue weighted by Crippen LogP contribution is -1.98. The van der Waals surface area contributed by atoms with Crippen LogP contribution in [0.5, 0.6) is 5.75 Å². The van der Waals surface area contributed by atoms with Crippen LogP contribution in [-0.2, 0) is 0 Å². The Kier molecular flexibility index (Phi) is 3.87. The summed E-state index contributed by atoms with van der Waals surface area (Å²) < 4.78 is 18.5. The Bertz CT molecular complexity index is 554. The fourth-order valence-electron chi connectivity index (χ4n) is 1.89. The van der Waals surface area contributed by atoms with E-state index in [1.165, 1.54) is 13.2 Å². The van der Waals surface area contributed by atoms with E-state index >= 15 is 0 Å². The van der Waals surface area contributed by atoms with Gasteiger partial charge in [-0.25, -0.2) is 4.39 Å². The average molecular weight is 265 g/mol. The predicted molar refractivity (Wildman–Crippen MR) is 71.8 cm³/mol. The van der Waals surface area contributed by atoms with E-state index in [0.717, 1.165) is 16.7 Å². The quantitative estimate of drug-likeness (QED) is 0.743. The Morgan fingerprint density at radius 1 is 1.17 bits per heavy atom. The van der Waals surface area contributed by atoms with Crippen molar-refractivity contribution in [3.8, 4) is 5.75 Å². The van der Waals surface area contributed by atoms with Gasteiger partial charge in [0.25, 0.3) is 0 Å². The fraction of sp³-hybridized carbons (Fsp3) is 0.200. The van der Waals surface area contributed by atoms with Crippen LogP contribution in [0.4, 0.5) is 4.39 Å². The van der Waals surface area contributed by atoms with Gasteiger partial charge in [-0.1, -0.05) is 30.3 Å². The van der Waals surface area contributed by atoms with Gasteiger partial charge < -0.3 is 4.74 Å². The molecule has 0 aromatic heterocycles. The monoisotopic (exact) mass is 264 g/mol. The normalized spacial score (nSPS) is 12.2. The number of methoxy groups -OCH3 is 1. The fourth-order valence-corrected chi connectivity index (χ4v) is 2.27. The first-order valence-electron chi connectivity index (χ1n) is 5.66. The predicted octanol–water partition coefficient (Wildman–Crippen LogP) is 4.47. The van der Waals surface area contributed by atoms with Crippen LogP contribution in [0.3, 0.4) is 0 Å². The van der Waals surface area contributed by atoms with E-state index in [1.54, 1.807) is 12.1 Å². The molecular formula is C15H14ClFO. The molecule has 2 aromatic carbocycles. The number of rotatable bonds is 3. The van der Waals surface area contributed by atoms with Gasteiger partial charge in [-0.3, -0.25) is 0 Å². The van der Waals surface area contributed by atoms with Crippen LogP contribution in [0.15, 0.2) is 42.5 Å². The number of ether oxygens (including phenoxy) is 1. The topological polar surface area (TPSA) is 9.23 Å². The summed E-state index contributed by atoms with van der Waals surface area (Å²) in [5, 5.41) is -0.355. The van der Waals surface area contributed by atoms with Crippen molar-refractivity contribution in [1.29, 1.82) is 0 Å². The van der Waals surface area contributed by atoms with Gasteiger partial charge in [0.05, 0.1) is 12.5 Å². The summed E-state index contributed by atoms with van der Waals surface area (Å²) in [5.41, 5.74) is 2.81. The largest absolute Gasteiger partial charge is 0.494 e. The molecule has 18 heavy (non-hydrogen) atoms. The van der Waals surface area contributed by atoms with Crippen molar-refractivity contribution >= 4 is 11.6 Å². The highest BCUT2D eigenvalue weighted by Gasteiger charge is 2.14. The Morgan fingerprint density at radius 2 is 1.89 bits per heavy atom. The van der Waals surface area contributed by atoms with Crippen molar-refractivity contribution in [2.24, 2.45) is 0 Å². The first-order valence-corrected chi connectivity index (χ1v) is 6.10. The van der Waals surface area contributed by atoms with Crippen molar-refractivity contribution in [1.82, 2.24) is 0 Å². The molecule has 0 saturated carbocycles. The van der Waals surface area contributed by atoms with Crippen molar-refractivity contribution in [3.63, 3.8) is 0 Å². The highest BCUT2D eigenvalue weighted by molar-refractivity contribution is 6.22. The minimum absolute atomic E-state index is 0.229. The smallest absolute Gasteiger partial charge is 0.165 e. The Hall–Kier alpha value is -1.54. The van der Waals surface area contributed by atoms with Crippen LogP contribution in [0, 0.1) is 12.7 Å². The molecule has 1 atom stereocenters. The number of aryl methyl sites for hydroxylation is 1. The van der Waals surface area contributed by atoms with Gasteiger partial charge in [0, 0.05) is 0 Å². The molecule has 0 saturated heterocycles. The molecule has 0 spiro atoms. The molecule has 2 rings (SSSR count). The Balaban J connectivity index is 2.37. The summed E-state index contributed by atoms with van der Waals surface area (Å²) in [6.07, 6.45) is 0. The van der Waals surface area contributed by atoms with Crippen LogP contribution in [-0.4, -0.2) is 7.11 Å². The van der Waals surface area contributed by atoms with Crippen molar-refractivity contribution in [2.75, 3.05) is 7.11 Å². The van der Waals surface area contributed by atoms with E-state index in [1.807, 2.05) is 31.2 Å². The van der Waals surface area contributed by atoms with E-state index in [-0.39, 0.29) is 11.1 Å². The lowest BCUT2D eigenvalue weighted by atomic mass is 10.00. The number of halogens is 2. The third kappa shape index (κ3) is 2.49. The van der Waals surface area contributed by atoms with Crippen molar-refractivity contribution in [2.45, 2.75) is 12.3 Å². The average Bonchev–Trinajstić information content (AvgIpc) is 2.38. The third-order valence-corrected chi connectivity index (χ3v) is 3.42. The molecule has 0 amide bonds. The number of benzene rings is 2. The second-order valence-corrected chi connectivity index (χ2v) is 4.55. The molecule has 1 unspecified atom stereocenters. The van der Waals surface area contributed by atoms with Gasteiger partial charge in [0.2, 0.25) is 0 Å². The Labute approximate surface area is 111 Å². The minimum atomic E-state index is -0.394. The van der Waals surface area contributed by atoms with E-state index < -0.39 is 5.82 Å². The molecule has 0 bridgehead atoms. The zero-order chi connectivity index (χ0) is 13.1. The van der Waals surface area contributed by atoms with Gasteiger partial charge >= 0.3 is 0 Å². The first-order chi connectivity index (χ1) is 8.63. The summed E-state index contributed by atoms with van der Waals surface area (Å²) >= 11 is 6.40. The lowest BCUT2D eigenvalue weighted by molar-refractivity contribution is 0.386. The van der Waals surface area contributed by atoms with E-state index in [0.29, 0.717) is 0 Å². The highest BCUT2D eigenvalue weighted by Crippen LogP contribution is 2.32. The zero-order valence-electron chi connectivity index (χ0n) is 10.3. The molecule has 1 nitrogen and oxygen atoms in total. The van der Waals surface area contributed by atoms with E-state index in [9.17, 15) is 4.39 Å². The second kappa shape index (κ2) is 5.40. The molecule has 0 aliphatic rings. The third-order valence-electron chi connectivity index (χ3n) is 2.93.